The Morgan fingerprint density at radius 1 is 1.44 bits per heavy atom. The quantitative estimate of drug-likeness (QED) is 0.616. The van der Waals surface area contributed by atoms with Crippen LogP contribution < -0.4 is 0 Å². The average Bonchev–Trinajstić information content (AvgIpc) is 1.91. The van der Waals surface area contributed by atoms with Gasteiger partial charge in [-0.05, 0) is 6.42 Å². The highest BCUT2D eigenvalue weighted by atomic mass is 79.9. The van der Waals surface area contributed by atoms with Crippen molar-refractivity contribution in [2.75, 3.05) is 25.2 Å². The van der Waals surface area contributed by atoms with Crippen LogP contribution in [0.5, 0.6) is 0 Å². The van der Waals surface area contributed by atoms with Crippen molar-refractivity contribution in [2.24, 2.45) is 0 Å². The van der Waals surface area contributed by atoms with Crippen LogP contribution in [0.4, 0.5) is 0 Å². The van der Waals surface area contributed by atoms with E-state index in [9.17, 15) is 0 Å². The first-order valence-electron chi connectivity index (χ1n) is 3.19. The molecule has 3 heteroatoms. The SMILES string of the molecule is BrCCC1COCCO1. The van der Waals surface area contributed by atoms with E-state index in [0.29, 0.717) is 6.10 Å². The number of hydrogen-bond acceptors (Lipinski definition) is 2. The Morgan fingerprint density at radius 2 is 2.33 bits per heavy atom. The molecule has 1 atom stereocenters. The van der Waals surface area contributed by atoms with Crippen LogP contribution in [-0.4, -0.2) is 31.3 Å². The molecule has 0 aromatic heterocycles. The van der Waals surface area contributed by atoms with Gasteiger partial charge in [-0.2, -0.15) is 0 Å². The van der Waals surface area contributed by atoms with Crippen molar-refractivity contribution in [3.05, 3.63) is 0 Å². The largest absolute Gasteiger partial charge is 0.376 e. The smallest absolute Gasteiger partial charge is 0.0817 e. The molecule has 1 saturated heterocycles. The lowest BCUT2D eigenvalue weighted by atomic mass is 10.3. The van der Waals surface area contributed by atoms with E-state index in [0.717, 1.165) is 31.6 Å². The Hall–Kier alpha value is 0.400. The van der Waals surface area contributed by atoms with Gasteiger partial charge >= 0.3 is 0 Å². The molecule has 0 spiro atoms. The minimum atomic E-state index is 0.332. The second-order valence-electron chi connectivity index (χ2n) is 2.05. The van der Waals surface area contributed by atoms with E-state index in [4.69, 9.17) is 9.47 Å². The molecule has 0 amide bonds. The monoisotopic (exact) mass is 194 g/mol. The third-order valence-corrected chi connectivity index (χ3v) is 1.77. The van der Waals surface area contributed by atoms with Gasteiger partial charge in [-0.15, -0.1) is 0 Å². The zero-order valence-corrected chi connectivity index (χ0v) is 6.89. The number of alkyl halides is 1. The van der Waals surface area contributed by atoms with Gasteiger partial charge in [0.25, 0.3) is 0 Å². The van der Waals surface area contributed by atoms with Crippen LogP contribution in [0.1, 0.15) is 6.42 Å². The summed E-state index contributed by atoms with van der Waals surface area (Å²) in [6, 6.07) is 0. The molecule has 0 bridgehead atoms. The Bertz CT molecular complexity index is 68.7. The fourth-order valence-electron chi connectivity index (χ4n) is 0.825. The highest BCUT2D eigenvalue weighted by molar-refractivity contribution is 9.09. The van der Waals surface area contributed by atoms with Crippen LogP contribution in [0.15, 0.2) is 0 Å². The predicted molar refractivity (Wildman–Crippen MR) is 39.0 cm³/mol. The Labute approximate surface area is 63.7 Å². The van der Waals surface area contributed by atoms with Gasteiger partial charge in [0.1, 0.15) is 0 Å². The number of halogens is 1. The molecule has 1 aliphatic heterocycles. The molecule has 1 heterocycles. The standard InChI is InChI=1S/C6H11BrO2/c7-2-1-6-5-8-3-4-9-6/h6H,1-5H2. The van der Waals surface area contributed by atoms with Gasteiger partial charge in [0.15, 0.2) is 0 Å². The van der Waals surface area contributed by atoms with E-state index in [-0.39, 0.29) is 0 Å². The molecule has 9 heavy (non-hydrogen) atoms. The normalized spacial score (nSPS) is 28.3. The lowest BCUT2D eigenvalue weighted by Crippen LogP contribution is -2.28. The van der Waals surface area contributed by atoms with Gasteiger partial charge in [-0.25, -0.2) is 0 Å². The van der Waals surface area contributed by atoms with Gasteiger partial charge in [0, 0.05) is 5.33 Å². The fourth-order valence-corrected chi connectivity index (χ4v) is 1.34. The van der Waals surface area contributed by atoms with Crippen LogP contribution >= 0.6 is 15.9 Å². The molecule has 2 nitrogen and oxygen atoms in total. The Kier molecular flexibility index (Phi) is 3.55. The van der Waals surface area contributed by atoms with Gasteiger partial charge < -0.3 is 9.47 Å². The topological polar surface area (TPSA) is 18.5 Å². The van der Waals surface area contributed by atoms with Crippen molar-refractivity contribution in [2.45, 2.75) is 12.5 Å². The maximum Gasteiger partial charge on any atom is 0.0817 e. The van der Waals surface area contributed by atoms with E-state index in [1.807, 2.05) is 0 Å². The van der Waals surface area contributed by atoms with E-state index < -0.39 is 0 Å². The summed E-state index contributed by atoms with van der Waals surface area (Å²) in [5, 5.41) is 1.00. The maximum atomic E-state index is 5.36. The first-order valence-corrected chi connectivity index (χ1v) is 4.31. The van der Waals surface area contributed by atoms with Crippen molar-refractivity contribution >= 4 is 15.9 Å². The van der Waals surface area contributed by atoms with E-state index >= 15 is 0 Å². The van der Waals surface area contributed by atoms with Gasteiger partial charge in [0.2, 0.25) is 0 Å². The molecule has 0 aromatic carbocycles. The van der Waals surface area contributed by atoms with Crippen molar-refractivity contribution in [1.82, 2.24) is 0 Å². The average molecular weight is 195 g/mol. The van der Waals surface area contributed by atoms with Gasteiger partial charge in [0.05, 0.1) is 25.9 Å². The van der Waals surface area contributed by atoms with Gasteiger partial charge in [-0.3, -0.25) is 0 Å². The highest BCUT2D eigenvalue weighted by Gasteiger charge is 2.12. The molecule has 54 valence electrons. The van der Waals surface area contributed by atoms with Crippen molar-refractivity contribution in [1.29, 1.82) is 0 Å². The summed E-state index contributed by atoms with van der Waals surface area (Å²) in [5.74, 6) is 0. The molecule has 1 unspecified atom stereocenters. The van der Waals surface area contributed by atoms with Crippen LogP contribution in [0.3, 0.4) is 0 Å². The summed E-state index contributed by atoms with van der Waals surface area (Å²) < 4.78 is 10.6. The summed E-state index contributed by atoms with van der Waals surface area (Å²) >= 11 is 3.35. The molecule has 0 aromatic rings. The molecule has 0 N–H and O–H groups in total. The zero-order chi connectivity index (χ0) is 6.53. The summed E-state index contributed by atoms with van der Waals surface area (Å²) in [6.07, 6.45) is 1.39. The molecule has 1 aliphatic rings. The van der Waals surface area contributed by atoms with Crippen molar-refractivity contribution in [3.8, 4) is 0 Å². The van der Waals surface area contributed by atoms with Gasteiger partial charge in [-0.1, -0.05) is 15.9 Å². The van der Waals surface area contributed by atoms with Crippen LogP contribution in [0, 0.1) is 0 Å². The van der Waals surface area contributed by atoms with E-state index in [1.54, 1.807) is 0 Å². The van der Waals surface area contributed by atoms with Crippen LogP contribution in [0.25, 0.3) is 0 Å². The molecule has 1 rings (SSSR count). The molecule has 1 fully saturated rings. The first kappa shape index (κ1) is 7.51. The summed E-state index contributed by atoms with van der Waals surface area (Å²) in [6.45, 7) is 2.29. The molecular formula is C6H11BrO2. The predicted octanol–water partition coefficient (Wildman–Crippen LogP) is 1.19. The second kappa shape index (κ2) is 4.25. The van der Waals surface area contributed by atoms with E-state index in [2.05, 4.69) is 15.9 Å². The highest BCUT2D eigenvalue weighted by Crippen LogP contribution is 2.05. The first-order chi connectivity index (χ1) is 4.43. The molecular weight excluding hydrogens is 184 g/mol. The third-order valence-electron chi connectivity index (χ3n) is 1.32. The molecule has 0 radical (unpaired) electrons. The number of hydrogen-bond donors (Lipinski definition) is 0. The van der Waals surface area contributed by atoms with Crippen molar-refractivity contribution < 1.29 is 9.47 Å². The van der Waals surface area contributed by atoms with E-state index in [1.165, 1.54) is 0 Å². The van der Waals surface area contributed by atoms with Crippen LogP contribution in [0.2, 0.25) is 0 Å². The summed E-state index contributed by atoms with van der Waals surface area (Å²) in [4.78, 5) is 0. The second-order valence-corrected chi connectivity index (χ2v) is 2.84. The lowest BCUT2D eigenvalue weighted by Gasteiger charge is -2.21. The molecule has 0 aliphatic carbocycles. The number of ether oxygens (including phenoxy) is 2. The molecule has 0 saturated carbocycles. The maximum absolute atomic E-state index is 5.36. The van der Waals surface area contributed by atoms with Crippen LogP contribution in [-0.2, 0) is 9.47 Å². The summed E-state index contributed by atoms with van der Waals surface area (Å²) in [7, 11) is 0. The van der Waals surface area contributed by atoms with Crippen molar-refractivity contribution in [3.63, 3.8) is 0 Å². The number of rotatable bonds is 2. The Morgan fingerprint density at radius 3 is 2.89 bits per heavy atom. The minimum Gasteiger partial charge on any atom is -0.376 e. The minimum absolute atomic E-state index is 0.332. The Balaban J connectivity index is 2.08. The fraction of sp³-hybridized carbons (Fsp3) is 1.00. The lowest BCUT2D eigenvalue weighted by molar-refractivity contribution is -0.0882. The third kappa shape index (κ3) is 2.65. The summed E-state index contributed by atoms with van der Waals surface area (Å²) in [5.41, 5.74) is 0. The zero-order valence-electron chi connectivity index (χ0n) is 5.31.